The van der Waals surface area contributed by atoms with Crippen molar-refractivity contribution in [3.8, 4) is 0 Å². The first-order valence-electron chi connectivity index (χ1n) is 8.50. The molecular weight excluding hydrogens is 288 g/mol. The van der Waals surface area contributed by atoms with E-state index in [1.165, 1.54) is 24.8 Å². The van der Waals surface area contributed by atoms with E-state index in [0.29, 0.717) is 11.8 Å². The summed E-state index contributed by atoms with van der Waals surface area (Å²) in [4.78, 5) is 6.78. The molecule has 4 heteroatoms. The van der Waals surface area contributed by atoms with Crippen molar-refractivity contribution in [2.45, 2.75) is 51.7 Å². The van der Waals surface area contributed by atoms with Crippen LogP contribution in [0.15, 0.2) is 41.1 Å². The third-order valence-corrected chi connectivity index (χ3v) is 4.60. The minimum absolute atomic E-state index is 0.201. The fraction of sp³-hybridized carbons (Fsp3) is 0.526. The number of benzene rings is 1. The molecule has 0 bridgehead atoms. The molecule has 1 heterocycles. The average Bonchev–Trinajstić information content (AvgIpc) is 3.26. The summed E-state index contributed by atoms with van der Waals surface area (Å²) >= 11 is 0. The molecule has 1 aromatic heterocycles. The minimum atomic E-state index is 0.201. The lowest BCUT2D eigenvalue weighted by molar-refractivity contribution is 0.0929. The van der Waals surface area contributed by atoms with Crippen LogP contribution in [0, 0.1) is 5.92 Å². The van der Waals surface area contributed by atoms with Gasteiger partial charge in [0.25, 0.3) is 0 Å². The normalized spacial score (nSPS) is 16.2. The first kappa shape index (κ1) is 16.2. The zero-order valence-corrected chi connectivity index (χ0v) is 14.0. The van der Waals surface area contributed by atoms with Gasteiger partial charge >= 0.3 is 0 Å². The monoisotopic (exact) mass is 314 g/mol. The third-order valence-electron chi connectivity index (χ3n) is 4.60. The molecule has 1 saturated carbocycles. The molecule has 2 aromatic rings. The molecule has 0 spiro atoms. The van der Waals surface area contributed by atoms with E-state index in [4.69, 9.17) is 4.42 Å². The summed E-state index contributed by atoms with van der Waals surface area (Å²) in [5.74, 6) is 1.88. The molecule has 1 atom stereocenters. The van der Waals surface area contributed by atoms with Crippen molar-refractivity contribution in [3.63, 3.8) is 0 Å². The van der Waals surface area contributed by atoms with Crippen molar-refractivity contribution in [1.82, 2.24) is 9.88 Å². The fourth-order valence-corrected chi connectivity index (χ4v) is 3.21. The van der Waals surface area contributed by atoms with Crippen LogP contribution in [0.5, 0.6) is 0 Å². The molecular formula is C19H26N2O2. The van der Waals surface area contributed by atoms with E-state index in [1.54, 1.807) is 0 Å². The summed E-state index contributed by atoms with van der Waals surface area (Å²) in [6, 6.07) is 10.6. The third kappa shape index (κ3) is 4.01. The maximum absolute atomic E-state index is 9.91. The van der Waals surface area contributed by atoms with Gasteiger partial charge in [0, 0.05) is 25.0 Å². The fourth-order valence-electron chi connectivity index (χ4n) is 3.21. The van der Waals surface area contributed by atoms with Crippen molar-refractivity contribution in [2.24, 2.45) is 5.92 Å². The molecule has 1 unspecified atom stereocenters. The van der Waals surface area contributed by atoms with Crippen LogP contribution in [0.25, 0.3) is 0 Å². The number of oxazole rings is 1. The van der Waals surface area contributed by atoms with E-state index in [9.17, 15) is 5.11 Å². The van der Waals surface area contributed by atoms with Gasteiger partial charge in [-0.25, -0.2) is 4.98 Å². The summed E-state index contributed by atoms with van der Waals surface area (Å²) in [6.07, 6.45) is 3.97. The number of nitrogens with zero attached hydrogens (tertiary/aromatic N) is 2. The Kier molecular flexibility index (Phi) is 5.13. The Hall–Kier alpha value is -1.65. The van der Waals surface area contributed by atoms with Gasteiger partial charge in [0.1, 0.15) is 5.76 Å². The molecule has 1 aromatic carbocycles. The number of aromatic nitrogens is 1. The zero-order chi connectivity index (χ0) is 16.2. The number of hydrogen-bond acceptors (Lipinski definition) is 4. The van der Waals surface area contributed by atoms with Gasteiger partial charge in [-0.15, -0.1) is 0 Å². The highest BCUT2D eigenvalue weighted by molar-refractivity contribution is 5.16. The van der Waals surface area contributed by atoms with Gasteiger partial charge < -0.3 is 9.52 Å². The molecule has 0 amide bonds. The summed E-state index contributed by atoms with van der Waals surface area (Å²) < 4.78 is 5.57. The van der Waals surface area contributed by atoms with Gasteiger partial charge in [-0.3, -0.25) is 4.90 Å². The van der Waals surface area contributed by atoms with E-state index in [0.717, 1.165) is 24.5 Å². The topological polar surface area (TPSA) is 49.5 Å². The molecule has 0 aliphatic heterocycles. The standard InChI is InChI=1S/C19H26N2O2/c1-14(2)19-17(20-13-23-19)11-21(18(12-22)16-8-9-16)10-15-6-4-3-5-7-15/h3-7,13-14,16,18,22H,8-12H2,1-2H3. The largest absolute Gasteiger partial charge is 0.448 e. The Balaban J connectivity index is 1.80. The van der Waals surface area contributed by atoms with Crippen molar-refractivity contribution in [3.05, 3.63) is 53.7 Å². The average molecular weight is 314 g/mol. The van der Waals surface area contributed by atoms with Crippen LogP contribution in [0.2, 0.25) is 0 Å². The van der Waals surface area contributed by atoms with Crippen LogP contribution in [0.3, 0.4) is 0 Å². The van der Waals surface area contributed by atoms with Crippen molar-refractivity contribution < 1.29 is 9.52 Å². The molecule has 1 aliphatic rings. The highest BCUT2D eigenvalue weighted by Crippen LogP contribution is 2.36. The maximum Gasteiger partial charge on any atom is 0.181 e. The van der Waals surface area contributed by atoms with Crippen LogP contribution < -0.4 is 0 Å². The molecule has 3 rings (SSSR count). The van der Waals surface area contributed by atoms with Crippen LogP contribution in [-0.2, 0) is 13.1 Å². The van der Waals surface area contributed by atoms with Crippen molar-refractivity contribution >= 4 is 0 Å². The quantitative estimate of drug-likeness (QED) is 0.809. The molecule has 4 nitrogen and oxygen atoms in total. The summed E-state index contributed by atoms with van der Waals surface area (Å²) in [6.45, 7) is 5.99. The van der Waals surface area contributed by atoms with Crippen molar-refractivity contribution in [2.75, 3.05) is 6.61 Å². The molecule has 124 valence electrons. The second kappa shape index (κ2) is 7.28. The summed E-state index contributed by atoms with van der Waals surface area (Å²) in [7, 11) is 0. The second-order valence-corrected chi connectivity index (χ2v) is 6.80. The molecule has 1 fully saturated rings. The van der Waals surface area contributed by atoms with Gasteiger partial charge in [-0.05, 0) is 24.3 Å². The van der Waals surface area contributed by atoms with Gasteiger partial charge in [0.2, 0.25) is 0 Å². The smallest absolute Gasteiger partial charge is 0.181 e. The Morgan fingerprint density at radius 2 is 1.96 bits per heavy atom. The van der Waals surface area contributed by atoms with E-state index in [-0.39, 0.29) is 12.6 Å². The number of hydrogen-bond donors (Lipinski definition) is 1. The van der Waals surface area contributed by atoms with Gasteiger partial charge in [0.05, 0.1) is 12.3 Å². The van der Waals surface area contributed by atoms with Crippen LogP contribution in [-0.4, -0.2) is 27.6 Å². The van der Waals surface area contributed by atoms with Gasteiger partial charge in [-0.1, -0.05) is 44.2 Å². The predicted molar refractivity (Wildman–Crippen MR) is 89.9 cm³/mol. The van der Waals surface area contributed by atoms with E-state index in [1.807, 2.05) is 6.07 Å². The Morgan fingerprint density at radius 3 is 2.57 bits per heavy atom. The van der Waals surface area contributed by atoms with Gasteiger partial charge in [-0.2, -0.15) is 0 Å². The lowest BCUT2D eigenvalue weighted by Crippen LogP contribution is -2.39. The van der Waals surface area contributed by atoms with Crippen molar-refractivity contribution in [1.29, 1.82) is 0 Å². The number of rotatable bonds is 8. The van der Waals surface area contributed by atoms with E-state index < -0.39 is 0 Å². The lowest BCUT2D eigenvalue weighted by Gasteiger charge is -2.30. The Labute approximate surface area is 138 Å². The van der Waals surface area contributed by atoms with E-state index in [2.05, 4.69) is 48.0 Å². The molecule has 0 radical (unpaired) electrons. The Morgan fingerprint density at radius 1 is 1.22 bits per heavy atom. The van der Waals surface area contributed by atoms with Crippen LogP contribution in [0.1, 0.15) is 49.6 Å². The second-order valence-electron chi connectivity index (χ2n) is 6.80. The first-order chi connectivity index (χ1) is 11.2. The zero-order valence-electron chi connectivity index (χ0n) is 14.0. The highest BCUT2D eigenvalue weighted by atomic mass is 16.3. The molecule has 1 N–H and O–H groups in total. The summed E-state index contributed by atoms with van der Waals surface area (Å²) in [5, 5.41) is 9.91. The Bertz CT molecular complexity index is 605. The molecule has 0 saturated heterocycles. The van der Waals surface area contributed by atoms with Crippen LogP contribution in [0.4, 0.5) is 0 Å². The summed E-state index contributed by atoms with van der Waals surface area (Å²) in [5.41, 5.74) is 2.26. The highest BCUT2D eigenvalue weighted by Gasteiger charge is 2.35. The SMILES string of the molecule is CC(C)c1ocnc1CN(Cc1ccccc1)C(CO)C1CC1. The minimum Gasteiger partial charge on any atom is -0.448 e. The number of aliphatic hydroxyl groups is 1. The maximum atomic E-state index is 9.91. The number of aliphatic hydroxyl groups excluding tert-OH is 1. The van der Waals surface area contributed by atoms with E-state index >= 15 is 0 Å². The first-order valence-corrected chi connectivity index (χ1v) is 8.50. The lowest BCUT2D eigenvalue weighted by atomic mass is 10.1. The van der Waals surface area contributed by atoms with Gasteiger partial charge in [0.15, 0.2) is 6.39 Å². The predicted octanol–water partition coefficient (Wildman–Crippen LogP) is 3.57. The molecule has 1 aliphatic carbocycles. The van der Waals surface area contributed by atoms with Crippen LogP contribution >= 0.6 is 0 Å². The molecule has 23 heavy (non-hydrogen) atoms.